The number of nitrogen functional groups attached to an aromatic ring is 1. The maximum Gasteiger partial charge on any atom is 0.208 e. The van der Waals surface area contributed by atoms with Gasteiger partial charge in [0, 0.05) is 25.3 Å². The molecule has 0 atom stereocenters. The Bertz CT molecular complexity index is 447. The van der Waals surface area contributed by atoms with Crippen molar-refractivity contribution in [3.05, 3.63) is 24.3 Å². The lowest BCUT2D eigenvalue weighted by Gasteiger charge is -2.03. The molecule has 4 nitrogen and oxygen atoms in total. The number of hydrogen-bond donors (Lipinski definition) is 1. The van der Waals surface area contributed by atoms with Crippen LogP contribution in [0.4, 0.5) is 10.8 Å². The molecule has 0 aliphatic carbocycles. The van der Waals surface area contributed by atoms with E-state index < -0.39 is 0 Å². The number of rotatable bonds is 2. The highest BCUT2D eigenvalue weighted by Gasteiger charge is 2.07. The molecule has 0 unspecified atom stereocenters. The summed E-state index contributed by atoms with van der Waals surface area (Å²) in [6, 6.07) is 7.64. The highest BCUT2D eigenvalue weighted by Crippen LogP contribution is 2.27. The van der Waals surface area contributed by atoms with Crippen LogP contribution in [0.2, 0.25) is 0 Å². The minimum atomic E-state index is 0.760. The van der Waals surface area contributed by atoms with Crippen LogP contribution in [0.3, 0.4) is 0 Å². The summed E-state index contributed by atoms with van der Waals surface area (Å²) in [5.41, 5.74) is 7.43. The van der Waals surface area contributed by atoms with Crippen molar-refractivity contribution < 1.29 is 0 Å². The van der Waals surface area contributed by atoms with E-state index in [1.54, 1.807) is 11.3 Å². The van der Waals surface area contributed by atoms with Gasteiger partial charge in [-0.1, -0.05) is 11.3 Å². The molecule has 78 valence electrons. The third-order valence-electron chi connectivity index (χ3n) is 1.95. The van der Waals surface area contributed by atoms with Gasteiger partial charge in [-0.15, -0.1) is 10.2 Å². The van der Waals surface area contributed by atoms with Crippen LogP contribution in [0.1, 0.15) is 0 Å². The van der Waals surface area contributed by atoms with Gasteiger partial charge in [-0.25, -0.2) is 0 Å². The molecular weight excluding hydrogens is 208 g/mol. The molecule has 0 radical (unpaired) electrons. The van der Waals surface area contributed by atoms with E-state index in [0.717, 1.165) is 21.4 Å². The van der Waals surface area contributed by atoms with Crippen molar-refractivity contribution in [2.75, 3.05) is 24.7 Å². The van der Waals surface area contributed by atoms with Crippen LogP contribution in [-0.4, -0.2) is 24.3 Å². The molecule has 2 aromatic rings. The molecule has 2 N–H and O–H groups in total. The molecule has 0 bridgehead atoms. The second-order valence-electron chi connectivity index (χ2n) is 3.41. The summed E-state index contributed by atoms with van der Waals surface area (Å²) >= 11 is 1.56. The van der Waals surface area contributed by atoms with E-state index in [9.17, 15) is 0 Å². The van der Waals surface area contributed by atoms with Crippen molar-refractivity contribution in [3.8, 4) is 10.6 Å². The Balaban J connectivity index is 2.33. The van der Waals surface area contributed by atoms with Crippen LogP contribution < -0.4 is 10.6 Å². The molecule has 15 heavy (non-hydrogen) atoms. The largest absolute Gasteiger partial charge is 0.399 e. The molecule has 0 saturated heterocycles. The van der Waals surface area contributed by atoms with Gasteiger partial charge >= 0.3 is 0 Å². The van der Waals surface area contributed by atoms with Gasteiger partial charge in [0.15, 0.2) is 0 Å². The van der Waals surface area contributed by atoms with E-state index in [-0.39, 0.29) is 0 Å². The Morgan fingerprint density at radius 2 is 1.80 bits per heavy atom. The fraction of sp³-hybridized carbons (Fsp3) is 0.200. The van der Waals surface area contributed by atoms with Crippen LogP contribution >= 0.6 is 11.3 Å². The molecule has 1 heterocycles. The van der Waals surface area contributed by atoms with E-state index in [0.29, 0.717) is 0 Å². The molecule has 2 rings (SSSR count). The first-order valence-corrected chi connectivity index (χ1v) is 5.35. The monoisotopic (exact) mass is 220 g/mol. The van der Waals surface area contributed by atoms with Gasteiger partial charge in [-0.3, -0.25) is 0 Å². The summed E-state index contributed by atoms with van der Waals surface area (Å²) in [4.78, 5) is 1.94. The molecular formula is C10H12N4S. The Morgan fingerprint density at radius 3 is 2.33 bits per heavy atom. The highest BCUT2D eigenvalue weighted by atomic mass is 32.1. The lowest BCUT2D eigenvalue weighted by Crippen LogP contribution is -2.07. The van der Waals surface area contributed by atoms with Crippen molar-refractivity contribution in [3.63, 3.8) is 0 Å². The maximum absolute atomic E-state index is 5.62. The van der Waals surface area contributed by atoms with Gasteiger partial charge in [0.1, 0.15) is 5.01 Å². The van der Waals surface area contributed by atoms with E-state index in [1.165, 1.54) is 0 Å². The summed E-state index contributed by atoms with van der Waals surface area (Å²) in [7, 11) is 3.90. The number of aromatic nitrogens is 2. The first-order valence-electron chi connectivity index (χ1n) is 4.53. The summed E-state index contributed by atoms with van der Waals surface area (Å²) in [6.07, 6.45) is 0. The highest BCUT2D eigenvalue weighted by molar-refractivity contribution is 7.18. The lowest BCUT2D eigenvalue weighted by molar-refractivity contribution is 1.02. The second-order valence-corrected chi connectivity index (χ2v) is 4.36. The second kappa shape index (κ2) is 3.86. The molecule has 0 fully saturated rings. The van der Waals surface area contributed by atoms with Crippen LogP contribution in [0, 0.1) is 0 Å². The predicted molar refractivity (Wildman–Crippen MR) is 64.1 cm³/mol. The minimum absolute atomic E-state index is 0.760. The van der Waals surface area contributed by atoms with Gasteiger partial charge in [0.2, 0.25) is 5.13 Å². The number of benzene rings is 1. The normalized spacial score (nSPS) is 10.3. The van der Waals surface area contributed by atoms with Gasteiger partial charge in [0.05, 0.1) is 0 Å². The van der Waals surface area contributed by atoms with Gasteiger partial charge in [0.25, 0.3) is 0 Å². The molecule has 0 spiro atoms. The number of nitrogens with two attached hydrogens (primary N) is 1. The van der Waals surface area contributed by atoms with Crippen molar-refractivity contribution in [1.82, 2.24) is 10.2 Å². The van der Waals surface area contributed by atoms with E-state index in [2.05, 4.69) is 10.2 Å². The van der Waals surface area contributed by atoms with Crippen molar-refractivity contribution in [2.24, 2.45) is 0 Å². The Hall–Kier alpha value is -1.62. The molecule has 0 aliphatic heterocycles. The van der Waals surface area contributed by atoms with Crippen molar-refractivity contribution in [2.45, 2.75) is 0 Å². The zero-order chi connectivity index (χ0) is 10.8. The molecule has 0 saturated carbocycles. The third-order valence-corrected chi connectivity index (χ3v) is 3.09. The molecule has 0 amide bonds. The fourth-order valence-electron chi connectivity index (χ4n) is 1.14. The zero-order valence-corrected chi connectivity index (χ0v) is 9.45. The van der Waals surface area contributed by atoms with Crippen LogP contribution in [-0.2, 0) is 0 Å². The quantitative estimate of drug-likeness (QED) is 0.785. The zero-order valence-electron chi connectivity index (χ0n) is 8.64. The topological polar surface area (TPSA) is 55.0 Å². The van der Waals surface area contributed by atoms with Gasteiger partial charge in [-0.2, -0.15) is 0 Å². The molecule has 1 aromatic carbocycles. The predicted octanol–water partition coefficient (Wildman–Crippen LogP) is 1.85. The summed E-state index contributed by atoms with van der Waals surface area (Å²) < 4.78 is 0. The van der Waals surface area contributed by atoms with E-state index >= 15 is 0 Å². The minimum Gasteiger partial charge on any atom is -0.399 e. The Labute approximate surface area is 92.4 Å². The Kier molecular flexibility index (Phi) is 2.55. The smallest absolute Gasteiger partial charge is 0.208 e. The van der Waals surface area contributed by atoms with Crippen LogP contribution in [0.25, 0.3) is 10.6 Å². The van der Waals surface area contributed by atoms with Gasteiger partial charge in [-0.05, 0) is 24.3 Å². The SMILES string of the molecule is CN(C)c1nnc(-c2ccc(N)cc2)s1. The molecule has 5 heteroatoms. The third kappa shape index (κ3) is 2.07. The standard InChI is InChI=1S/C10H12N4S/c1-14(2)10-13-12-9(15-10)7-3-5-8(11)6-4-7/h3-6H,11H2,1-2H3. The van der Waals surface area contributed by atoms with Crippen molar-refractivity contribution >= 4 is 22.2 Å². The average Bonchev–Trinajstić information content (AvgIpc) is 2.68. The number of hydrogen-bond acceptors (Lipinski definition) is 5. The lowest BCUT2D eigenvalue weighted by atomic mass is 10.2. The van der Waals surface area contributed by atoms with Crippen LogP contribution in [0.5, 0.6) is 0 Å². The van der Waals surface area contributed by atoms with Crippen molar-refractivity contribution in [1.29, 1.82) is 0 Å². The van der Waals surface area contributed by atoms with Crippen LogP contribution in [0.15, 0.2) is 24.3 Å². The average molecular weight is 220 g/mol. The summed E-state index contributed by atoms with van der Waals surface area (Å²) in [5, 5.41) is 10.0. The fourth-order valence-corrected chi connectivity index (χ4v) is 1.91. The van der Waals surface area contributed by atoms with E-state index in [1.807, 2.05) is 43.3 Å². The summed E-state index contributed by atoms with van der Waals surface area (Å²) in [5.74, 6) is 0. The number of nitrogens with zero attached hydrogens (tertiary/aromatic N) is 3. The number of anilines is 2. The first kappa shape index (κ1) is 9.92. The van der Waals surface area contributed by atoms with Gasteiger partial charge < -0.3 is 10.6 Å². The molecule has 1 aromatic heterocycles. The van der Waals surface area contributed by atoms with E-state index in [4.69, 9.17) is 5.73 Å². The molecule has 0 aliphatic rings. The first-order chi connectivity index (χ1) is 7.16. The maximum atomic E-state index is 5.62. The summed E-state index contributed by atoms with van der Waals surface area (Å²) in [6.45, 7) is 0. The Morgan fingerprint density at radius 1 is 1.13 bits per heavy atom.